The topological polar surface area (TPSA) is 122 Å². The van der Waals surface area contributed by atoms with E-state index in [1.807, 2.05) is 0 Å². The Bertz CT molecular complexity index is 928. The molecule has 2 rings (SSSR count). The minimum Gasteiger partial charge on any atom is -0.505 e. The van der Waals surface area contributed by atoms with Crippen LogP contribution in [0.4, 0.5) is 0 Å². The number of aromatic nitrogens is 2. The van der Waals surface area contributed by atoms with E-state index in [9.17, 15) is 19.5 Å². The van der Waals surface area contributed by atoms with Crippen molar-refractivity contribution in [3.05, 3.63) is 50.9 Å². The van der Waals surface area contributed by atoms with Crippen molar-refractivity contribution >= 4 is 27.8 Å². The number of hydrogen-bond donors (Lipinski definition) is 3. The molecular formula is C22H28BrN3O5. The first-order valence-electron chi connectivity index (χ1n) is 10.5. The van der Waals surface area contributed by atoms with Crippen LogP contribution in [-0.2, 0) is 4.79 Å². The quantitative estimate of drug-likeness (QED) is 0.362. The number of aromatic hydroxyl groups is 1. The van der Waals surface area contributed by atoms with E-state index in [-0.39, 0.29) is 12.1 Å². The van der Waals surface area contributed by atoms with Gasteiger partial charge in [0.15, 0.2) is 11.4 Å². The van der Waals surface area contributed by atoms with Gasteiger partial charge in [-0.2, -0.15) is 9.78 Å². The summed E-state index contributed by atoms with van der Waals surface area (Å²) in [4.78, 5) is 35.0. The predicted octanol–water partition coefficient (Wildman–Crippen LogP) is 4.03. The number of nitrogens with one attached hydrogen (secondary N) is 1. The van der Waals surface area contributed by atoms with Gasteiger partial charge in [-0.1, -0.05) is 54.5 Å². The SMILES string of the molecule is O=C(O)CCCCCCCCCCNC(=O)c1nn(-c2ccc(Br)cc2)c(=O)cc1O. The number of carbonyl (C=O) groups excluding carboxylic acids is 1. The molecule has 0 saturated heterocycles. The van der Waals surface area contributed by atoms with Gasteiger partial charge in [0.1, 0.15) is 0 Å². The zero-order valence-corrected chi connectivity index (χ0v) is 18.9. The number of carboxylic acid groups (broad SMARTS) is 1. The van der Waals surface area contributed by atoms with E-state index in [1.54, 1.807) is 24.3 Å². The molecule has 2 aromatic rings. The minimum absolute atomic E-state index is 0.191. The van der Waals surface area contributed by atoms with Crippen molar-refractivity contribution in [2.45, 2.75) is 57.8 Å². The molecule has 1 heterocycles. The third-order valence-corrected chi connectivity index (χ3v) is 5.33. The monoisotopic (exact) mass is 493 g/mol. The Balaban J connectivity index is 1.74. The third-order valence-electron chi connectivity index (χ3n) is 4.80. The Labute approximate surface area is 189 Å². The van der Waals surface area contributed by atoms with Gasteiger partial charge in [0, 0.05) is 23.5 Å². The predicted molar refractivity (Wildman–Crippen MR) is 121 cm³/mol. The van der Waals surface area contributed by atoms with Crippen LogP contribution in [0.3, 0.4) is 0 Å². The highest BCUT2D eigenvalue weighted by Gasteiger charge is 2.16. The van der Waals surface area contributed by atoms with Crippen LogP contribution < -0.4 is 10.9 Å². The fraction of sp³-hybridized carbons (Fsp3) is 0.455. The van der Waals surface area contributed by atoms with Gasteiger partial charge in [-0.05, 0) is 37.1 Å². The van der Waals surface area contributed by atoms with E-state index in [4.69, 9.17) is 5.11 Å². The van der Waals surface area contributed by atoms with Crippen LogP contribution in [0.5, 0.6) is 5.75 Å². The number of benzene rings is 1. The van der Waals surface area contributed by atoms with Gasteiger partial charge in [0.2, 0.25) is 0 Å². The van der Waals surface area contributed by atoms with Gasteiger partial charge >= 0.3 is 5.97 Å². The molecule has 3 N–H and O–H groups in total. The molecule has 168 valence electrons. The van der Waals surface area contributed by atoms with Gasteiger partial charge in [-0.15, -0.1) is 0 Å². The summed E-state index contributed by atoms with van der Waals surface area (Å²) in [5.74, 6) is -1.71. The lowest BCUT2D eigenvalue weighted by atomic mass is 10.1. The molecule has 31 heavy (non-hydrogen) atoms. The Morgan fingerprint density at radius 2 is 1.55 bits per heavy atom. The number of amides is 1. The molecule has 0 saturated carbocycles. The fourth-order valence-corrected chi connectivity index (χ4v) is 3.39. The first-order valence-corrected chi connectivity index (χ1v) is 11.3. The van der Waals surface area contributed by atoms with Crippen LogP contribution in [0.15, 0.2) is 39.6 Å². The highest BCUT2D eigenvalue weighted by atomic mass is 79.9. The summed E-state index contributed by atoms with van der Waals surface area (Å²) in [7, 11) is 0. The summed E-state index contributed by atoms with van der Waals surface area (Å²) in [5, 5.41) is 25.4. The summed E-state index contributed by atoms with van der Waals surface area (Å²) in [6, 6.07) is 7.87. The van der Waals surface area contributed by atoms with E-state index >= 15 is 0 Å². The Kier molecular flexibility index (Phi) is 10.2. The van der Waals surface area contributed by atoms with Crippen molar-refractivity contribution in [1.29, 1.82) is 0 Å². The van der Waals surface area contributed by atoms with Crippen molar-refractivity contribution in [3.63, 3.8) is 0 Å². The van der Waals surface area contributed by atoms with Gasteiger partial charge in [0.25, 0.3) is 11.5 Å². The highest BCUT2D eigenvalue weighted by molar-refractivity contribution is 9.10. The largest absolute Gasteiger partial charge is 0.505 e. The van der Waals surface area contributed by atoms with E-state index in [1.165, 1.54) is 0 Å². The van der Waals surface area contributed by atoms with Gasteiger partial charge < -0.3 is 15.5 Å². The van der Waals surface area contributed by atoms with Crippen molar-refractivity contribution in [2.24, 2.45) is 0 Å². The second-order valence-corrected chi connectivity index (χ2v) is 8.25. The van der Waals surface area contributed by atoms with E-state index in [2.05, 4.69) is 26.3 Å². The second-order valence-electron chi connectivity index (χ2n) is 7.33. The fourth-order valence-electron chi connectivity index (χ4n) is 3.12. The number of aliphatic carboxylic acids is 1. The number of carboxylic acids is 1. The van der Waals surface area contributed by atoms with Crippen molar-refractivity contribution in [3.8, 4) is 11.4 Å². The maximum Gasteiger partial charge on any atom is 0.303 e. The van der Waals surface area contributed by atoms with Crippen LogP contribution >= 0.6 is 15.9 Å². The maximum absolute atomic E-state index is 12.4. The van der Waals surface area contributed by atoms with E-state index < -0.39 is 23.2 Å². The number of unbranched alkanes of at least 4 members (excludes halogenated alkanes) is 7. The Morgan fingerprint density at radius 1 is 0.968 bits per heavy atom. The van der Waals surface area contributed by atoms with E-state index in [0.29, 0.717) is 12.2 Å². The average molecular weight is 494 g/mol. The molecule has 9 heteroatoms. The summed E-state index contributed by atoms with van der Waals surface area (Å²) in [6.45, 7) is 0.454. The van der Waals surface area contributed by atoms with Crippen molar-refractivity contribution in [1.82, 2.24) is 15.1 Å². The standard InChI is InChI=1S/C22H28BrN3O5/c23-16-10-12-17(13-11-16)26-19(28)15-18(27)21(25-26)22(31)24-14-8-6-4-2-1-3-5-7-9-20(29)30/h10-13,15,27H,1-9,14H2,(H,24,31)(H,29,30). The van der Waals surface area contributed by atoms with Crippen LogP contribution in [0.2, 0.25) is 0 Å². The zero-order valence-electron chi connectivity index (χ0n) is 17.3. The minimum atomic E-state index is -0.738. The first-order chi connectivity index (χ1) is 14.9. The number of rotatable bonds is 13. The number of hydrogen-bond acceptors (Lipinski definition) is 5. The lowest BCUT2D eigenvalue weighted by Gasteiger charge is -2.09. The van der Waals surface area contributed by atoms with Gasteiger partial charge in [-0.25, -0.2) is 0 Å². The van der Waals surface area contributed by atoms with Gasteiger partial charge in [-0.3, -0.25) is 14.4 Å². The molecule has 0 radical (unpaired) electrons. The number of nitrogens with zero attached hydrogens (tertiary/aromatic N) is 2. The lowest BCUT2D eigenvalue weighted by molar-refractivity contribution is -0.137. The Morgan fingerprint density at radius 3 is 2.16 bits per heavy atom. The Hall–Kier alpha value is -2.68. The molecule has 0 aliphatic heterocycles. The third kappa shape index (κ3) is 8.53. The highest BCUT2D eigenvalue weighted by Crippen LogP contribution is 2.15. The lowest BCUT2D eigenvalue weighted by Crippen LogP contribution is -2.29. The second kappa shape index (κ2) is 12.9. The molecule has 0 aliphatic rings. The van der Waals surface area contributed by atoms with E-state index in [0.717, 1.165) is 66.6 Å². The molecule has 1 amide bonds. The first kappa shape index (κ1) is 24.6. The number of halogens is 1. The van der Waals surface area contributed by atoms with Gasteiger partial charge in [0.05, 0.1) is 5.69 Å². The normalized spacial score (nSPS) is 10.7. The number of carbonyl (C=O) groups is 2. The summed E-state index contributed by atoms with van der Waals surface area (Å²) >= 11 is 3.32. The molecule has 0 bridgehead atoms. The zero-order chi connectivity index (χ0) is 22.6. The summed E-state index contributed by atoms with van der Waals surface area (Å²) in [6.07, 6.45) is 7.95. The van der Waals surface area contributed by atoms with Crippen molar-refractivity contribution < 1.29 is 19.8 Å². The van der Waals surface area contributed by atoms with Crippen LogP contribution in [0.25, 0.3) is 5.69 Å². The van der Waals surface area contributed by atoms with Crippen LogP contribution in [0, 0.1) is 0 Å². The molecule has 8 nitrogen and oxygen atoms in total. The molecule has 0 aliphatic carbocycles. The molecule has 0 atom stereocenters. The maximum atomic E-state index is 12.4. The average Bonchev–Trinajstić information content (AvgIpc) is 2.72. The van der Waals surface area contributed by atoms with Crippen LogP contribution in [0.1, 0.15) is 68.3 Å². The summed E-state index contributed by atoms with van der Waals surface area (Å²) < 4.78 is 1.93. The van der Waals surface area contributed by atoms with Crippen LogP contribution in [-0.4, -0.2) is 38.4 Å². The molecule has 0 unspecified atom stereocenters. The van der Waals surface area contributed by atoms with Crippen molar-refractivity contribution in [2.75, 3.05) is 6.54 Å². The smallest absolute Gasteiger partial charge is 0.303 e. The molecule has 0 spiro atoms. The molecular weight excluding hydrogens is 466 g/mol. The molecule has 0 fully saturated rings. The summed E-state index contributed by atoms with van der Waals surface area (Å²) in [5.41, 5.74) is -0.228. The molecule has 1 aromatic heterocycles. The molecule has 1 aromatic carbocycles.